The van der Waals surface area contributed by atoms with Gasteiger partial charge in [-0.15, -0.1) is 0 Å². The molecule has 1 aliphatic heterocycles. The molecule has 3 rings (SSSR count). The van der Waals surface area contributed by atoms with Gasteiger partial charge in [-0.3, -0.25) is 0 Å². The summed E-state index contributed by atoms with van der Waals surface area (Å²) in [6, 6.07) is 19.4. The third kappa shape index (κ3) is 4.75. The van der Waals surface area contributed by atoms with Crippen molar-refractivity contribution in [3.63, 3.8) is 0 Å². The summed E-state index contributed by atoms with van der Waals surface area (Å²) < 4.78 is 5.74. The maximum Gasteiger partial charge on any atom is 0.119 e. The molecule has 0 amide bonds. The van der Waals surface area contributed by atoms with Crippen LogP contribution in [0, 0.1) is 0 Å². The zero-order valence-corrected chi connectivity index (χ0v) is 14.7. The second-order valence-electron chi connectivity index (χ2n) is 6.60. The van der Waals surface area contributed by atoms with Crippen LogP contribution in [0.3, 0.4) is 0 Å². The van der Waals surface area contributed by atoms with Crippen LogP contribution in [0.15, 0.2) is 54.6 Å². The number of anilines is 1. The molecule has 0 atom stereocenters. The standard InChI is InChI=1S/C21H28N2O/c1-2-3-17-24-21-11-9-19(10-12-21)18-22-13-15-23(16-14-22)20-7-5-4-6-8-20/h4-12H,2-3,13-18H2,1H3/p+1. The van der Waals surface area contributed by atoms with Crippen LogP contribution in [0.4, 0.5) is 5.69 Å². The maximum absolute atomic E-state index is 5.74. The zero-order valence-electron chi connectivity index (χ0n) is 14.7. The first-order valence-electron chi connectivity index (χ1n) is 9.20. The molecular weight excluding hydrogens is 296 g/mol. The highest BCUT2D eigenvalue weighted by molar-refractivity contribution is 5.46. The fourth-order valence-corrected chi connectivity index (χ4v) is 3.22. The van der Waals surface area contributed by atoms with Crippen molar-refractivity contribution in [2.24, 2.45) is 0 Å². The van der Waals surface area contributed by atoms with Crippen LogP contribution in [-0.4, -0.2) is 32.8 Å². The summed E-state index contributed by atoms with van der Waals surface area (Å²) in [5, 5.41) is 0. The summed E-state index contributed by atoms with van der Waals surface area (Å²) in [6.07, 6.45) is 2.30. The lowest BCUT2D eigenvalue weighted by atomic mass is 10.2. The Bertz CT molecular complexity index is 589. The van der Waals surface area contributed by atoms with Gasteiger partial charge in [0.25, 0.3) is 0 Å². The molecule has 1 aliphatic rings. The van der Waals surface area contributed by atoms with Gasteiger partial charge in [0.15, 0.2) is 0 Å². The molecule has 24 heavy (non-hydrogen) atoms. The van der Waals surface area contributed by atoms with E-state index in [-0.39, 0.29) is 0 Å². The van der Waals surface area contributed by atoms with Crippen LogP contribution < -0.4 is 14.5 Å². The molecule has 0 radical (unpaired) electrons. The number of nitrogens with one attached hydrogen (secondary N) is 1. The number of para-hydroxylation sites is 1. The third-order valence-corrected chi connectivity index (χ3v) is 4.74. The molecule has 3 nitrogen and oxygen atoms in total. The lowest BCUT2D eigenvalue weighted by Crippen LogP contribution is -3.13. The predicted molar refractivity (Wildman–Crippen MR) is 99.9 cm³/mol. The van der Waals surface area contributed by atoms with Gasteiger partial charge in [0.1, 0.15) is 12.3 Å². The van der Waals surface area contributed by atoms with Gasteiger partial charge in [0.05, 0.1) is 32.8 Å². The van der Waals surface area contributed by atoms with Crippen molar-refractivity contribution in [2.45, 2.75) is 26.3 Å². The summed E-state index contributed by atoms with van der Waals surface area (Å²) in [6.45, 7) is 8.79. The average Bonchev–Trinajstić information content (AvgIpc) is 2.65. The number of piperazine rings is 1. The lowest BCUT2D eigenvalue weighted by Gasteiger charge is -2.33. The van der Waals surface area contributed by atoms with Gasteiger partial charge >= 0.3 is 0 Å². The van der Waals surface area contributed by atoms with Crippen molar-refractivity contribution in [3.8, 4) is 5.75 Å². The Morgan fingerprint density at radius 3 is 2.33 bits per heavy atom. The van der Waals surface area contributed by atoms with E-state index in [0.29, 0.717) is 0 Å². The van der Waals surface area contributed by atoms with Crippen molar-refractivity contribution >= 4 is 5.69 Å². The topological polar surface area (TPSA) is 16.9 Å². The number of ether oxygens (including phenoxy) is 1. The number of nitrogens with zero attached hydrogens (tertiary/aromatic N) is 1. The Balaban J connectivity index is 1.46. The molecular formula is C21H29N2O+. The van der Waals surface area contributed by atoms with Crippen LogP contribution in [0.5, 0.6) is 5.75 Å². The van der Waals surface area contributed by atoms with E-state index in [0.717, 1.165) is 38.4 Å². The fraction of sp³-hybridized carbons (Fsp3) is 0.429. The van der Waals surface area contributed by atoms with E-state index in [1.807, 2.05) is 0 Å². The summed E-state index contributed by atoms with van der Waals surface area (Å²) in [7, 11) is 0. The molecule has 0 unspecified atom stereocenters. The van der Waals surface area contributed by atoms with E-state index >= 15 is 0 Å². The molecule has 1 saturated heterocycles. The second kappa shape index (κ2) is 8.74. The Morgan fingerprint density at radius 2 is 1.67 bits per heavy atom. The molecule has 3 heteroatoms. The number of unbranched alkanes of at least 4 members (excludes halogenated alkanes) is 1. The minimum Gasteiger partial charge on any atom is -0.494 e. The van der Waals surface area contributed by atoms with Gasteiger partial charge in [0.2, 0.25) is 0 Å². The van der Waals surface area contributed by atoms with E-state index in [1.165, 1.54) is 30.8 Å². The van der Waals surface area contributed by atoms with Crippen LogP contribution in [0.1, 0.15) is 25.3 Å². The highest BCUT2D eigenvalue weighted by atomic mass is 16.5. The minimum absolute atomic E-state index is 0.822. The summed E-state index contributed by atoms with van der Waals surface area (Å²) in [5.41, 5.74) is 2.76. The van der Waals surface area contributed by atoms with Crippen molar-refractivity contribution in [1.29, 1.82) is 0 Å². The van der Waals surface area contributed by atoms with Crippen molar-refractivity contribution < 1.29 is 9.64 Å². The van der Waals surface area contributed by atoms with Crippen molar-refractivity contribution in [2.75, 3.05) is 37.7 Å². The molecule has 1 N–H and O–H groups in total. The number of benzene rings is 2. The Kier molecular flexibility index (Phi) is 6.13. The zero-order chi connectivity index (χ0) is 16.6. The average molecular weight is 325 g/mol. The van der Waals surface area contributed by atoms with Crippen LogP contribution >= 0.6 is 0 Å². The van der Waals surface area contributed by atoms with E-state index in [4.69, 9.17) is 4.74 Å². The Labute approximate surface area is 145 Å². The number of rotatable bonds is 7. The number of quaternary nitrogens is 1. The van der Waals surface area contributed by atoms with Gasteiger partial charge in [0, 0.05) is 11.3 Å². The third-order valence-electron chi connectivity index (χ3n) is 4.74. The first kappa shape index (κ1) is 16.8. The van der Waals surface area contributed by atoms with Crippen LogP contribution in [-0.2, 0) is 6.54 Å². The molecule has 0 bridgehead atoms. The molecule has 1 heterocycles. The highest BCUT2D eigenvalue weighted by Gasteiger charge is 2.20. The Hall–Kier alpha value is -2.00. The largest absolute Gasteiger partial charge is 0.494 e. The first-order valence-corrected chi connectivity index (χ1v) is 9.20. The quantitative estimate of drug-likeness (QED) is 0.789. The molecule has 1 fully saturated rings. The van der Waals surface area contributed by atoms with E-state index in [1.54, 1.807) is 4.90 Å². The Morgan fingerprint density at radius 1 is 0.958 bits per heavy atom. The first-order chi connectivity index (χ1) is 11.8. The van der Waals surface area contributed by atoms with Gasteiger partial charge in [-0.2, -0.15) is 0 Å². The smallest absolute Gasteiger partial charge is 0.119 e. The molecule has 2 aromatic rings. The van der Waals surface area contributed by atoms with Crippen LogP contribution in [0.2, 0.25) is 0 Å². The normalized spacial score (nSPS) is 15.5. The number of hydrogen-bond acceptors (Lipinski definition) is 2. The van der Waals surface area contributed by atoms with E-state index in [9.17, 15) is 0 Å². The van der Waals surface area contributed by atoms with Crippen molar-refractivity contribution in [1.82, 2.24) is 0 Å². The minimum atomic E-state index is 0.822. The number of hydrogen-bond donors (Lipinski definition) is 1. The van der Waals surface area contributed by atoms with Gasteiger partial charge < -0.3 is 14.5 Å². The van der Waals surface area contributed by atoms with Gasteiger partial charge in [-0.25, -0.2) is 0 Å². The second-order valence-corrected chi connectivity index (χ2v) is 6.60. The highest BCUT2D eigenvalue weighted by Crippen LogP contribution is 2.14. The predicted octanol–water partition coefficient (Wildman–Crippen LogP) is 2.77. The van der Waals surface area contributed by atoms with E-state index in [2.05, 4.69) is 66.4 Å². The van der Waals surface area contributed by atoms with Gasteiger partial charge in [-0.05, 0) is 42.8 Å². The summed E-state index contributed by atoms with van der Waals surface area (Å²) >= 11 is 0. The molecule has 0 spiro atoms. The fourth-order valence-electron chi connectivity index (χ4n) is 3.22. The molecule has 0 aromatic heterocycles. The molecule has 2 aromatic carbocycles. The van der Waals surface area contributed by atoms with Gasteiger partial charge in [-0.1, -0.05) is 31.5 Å². The molecule has 128 valence electrons. The summed E-state index contributed by atoms with van der Waals surface area (Å²) in [4.78, 5) is 4.16. The maximum atomic E-state index is 5.74. The summed E-state index contributed by atoms with van der Waals surface area (Å²) in [5.74, 6) is 0.996. The van der Waals surface area contributed by atoms with Crippen molar-refractivity contribution in [3.05, 3.63) is 60.2 Å². The SMILES string of the molecule is CCCCOc1ccc(C[NH+]2CCN(c3ccccc3)CC2)cc1. The van der Waals surface area contributed by atoms with Crippen LogP contribution in [0.25, 0.3) is 0 Å². The lowest BCUT2D eigenvalue weighted by molar-refractivity contribution is -0.914. The molecule has 0 aliphatic carbocycles. The molecule has 0 saturated carbocycles. The van der Waals surface area contributed by atoms with E-state index < -0.39 is 0 Å². The monoisotopic (exact) mass is 325 g/mol.